The molecule has 4 heteroatoms. The van der Waals surface area contributed by atoms with Crippen LogP contribution in [0.25, 0.3) is 0 Å². The Balaban J connectivity index is 2.17. The average molecular weight is 195 g/mol. The summed E-state index contributed by atoms with van der Waals surface area (Å²) in [6, 6.07) is 3.52. The van der Waals surface area contributed by atoms with Crippen molar-refractivity contribution in [1.29, 1.82) is 0 Å². The predicted octanol–water partition coefficient (Wildman–Crippen LogP) is 1.15. The Kier molecular flexibility index (Phi) is 2.63. The summed E-state index contributed by atoms with van der Waals surface area (Å²) in [7, 11) is 0. The first-order chi connectivity index (χ1) is 6.81. The molecule has 0 amide bonds. The van der Waals surface area contributed by atoms with Crippen LogP contribution in [0.15, 0.2) is 18.3 Å². The highest BCUT2D eigenvalue weighted by molar-refractivity contribution is 5.40. The van der Waals surface area contributed by atoms with Gasteiger partial charge in [-0.25, -0.2) is 9.37 Å². The topological polar surface area (TPSA) is 42.1 Å². The van der Waals surface area contributed by atoms with E-state index >= 15 is 0 Å². The van der Waals surface area contributed by atoms with Crippen LogP contribution in [0.2, 0.25) is 0 Å². The molecule has 1 aromatic rings. The molecule has 1 aliphatic rings. The second-order valence-corrected chi connectivity index (χ2v) is 3.56. The van der Waals surface area contributed by atoms with Gasteiger partial charge in [0.15, 0.2) is 0 Å². The van der Waals surface area contributed by atoms with Crippen molar-refractivity contribution in [2.45, 2.75) is 18.9 Å². The van der Waals surface area contributed by atoms with Crippen molar-refractivity contribution >= 4 is 5.82 Å². The molecule has 1 aliphatic heterocycles. The standard InChI is InChI=1S/C10H14FN3/c11-8-3-4-10(13-7-8)14-5-1-2-9(14)6-12/h3-4,7,9H,1-2,5-6,12H2. The number of rotatable bonds is 2. The van der Waals surface area contributed by atoms with Gasteiger partial charge in [0.1, 0.15) is 11.6 Å². The largest absolute Gasteiger partial charge is 0.352 e. The van der Waals surface area contributed by atoms with Gasteiger partial charge in [-0.15, -0.1) is 0 Å². The van der Waals surface area contributed by atoms with Crippen molar-refractivity contribution in [1.82, 2.24) is 4.98 Å². The second-order valence-electron chi connectivity index (χ2n) is 3.56. The monoisotopic (exact) mass is 195 g/mol. The van der Waals surface area contributed by atoms with Gasteiger partial charge in [-0.2, -0.15) is 0 Å². The fourth-order valence-electron chi connectivity index (χ4n) is 1.92. The molecule has 1 fully saturated rings. The Morgan fingerprint density at radius 2 is 2.43 bits per heavy atom. The minimum atomic E-state index is -0.294. The van der Waals surface area contributed by atoms with Crippen LogP contribution in [-0.2, 0) is 0 Å². The molecule has 2 heterocycles. The van der Waals surface area contributed by atoms with E-state index in [1.54, 1.807) is 6.07 Å². The smallest absolute Gasteiger partial charge is 0.141 e. The maximum atomic E-state index is 12.6. The van der Waals surface area contributed by atoms with E-state index in [1.165, 1.54) is 12.3 Å². The first-order valence-corrected chi connectivity index (χ1v) is 4.89. The number of hydrogen-bond acceptors (Lipinski definition) is 3. The van der Waals surface area contributed by atoms with Crippen molar-refractivity contribution in [2.75, 3.05) is 18.0 Å². The van der Waals surface area contributed by atoms with Crippen molar-refractivity contribution in [3.63, 3.8) is 0 Å². The van der Waals surface area contributed by atoms with E-state index < -0.39 is 0 Å². The van der Waals surface area contributed by atoms with Crippen molar-refractivity contribution < 1.29 is 4.39 Å². The second kappa shape index (κ2) is 3.92. The number of aromatic nitrogens is 1. The van der Waals surface area contributed by atoms with Gasteiger partial charge < -0.3 is 10.6 Å². The van der Waals surface area contributed by atoms with Crippen LogP contribution in [0.5, 0.6) is 0 Å². The van der Waals surface area contributed by atoms with Gasteiger partial charge in [-0.3, -0.25) is 0 Å². The number of nitrogens with zero attached hydrogens (tertiary/aromatic N) is 2. The zero-order valence-electron chi connectivity index (χ0n) is 7.99. The van der Waals surface area contributed by atoms with Crippen molar-refractivity contribution in [3.05, 3.63) is 24.1 Å². The summed E-state index contributed by atoms with van der Waals surface area (Å²) in [6.07, 6.45) is 3.50. The molecule has 1 aromatic heterocycles. The van der Waals surface area contributed by atoms with Crippen LogP contribution in [0.3, 0.4) is 0 Å². The van der Waals surface area contributed by atoms with Crippen LogP contribution in [0, 0.1) is 5.82 Å². The van der Waals surface area contributed by atoms with E-state index in [2.05, 4.69) is 9.88 Å². The molecule has 0 aliphatic carbocycles. The molecule has 2 N–H and O–H groups in total. The molecular formula is C10H14FN3. The highest BCUT2D eigenvalue weighted by atomic mass is 19.1. The Bertz CT molecular complexity index is 299. The number of nitrogens with two attached hydrogens (primary N) is 1. The lowest BCUT2D eigenvalue weighted by Gasteiger charge is -2.24. The third-order valence-electron chi connectivity index (χ3n) is 2.66. The molecule has 0 saturated carbocycles. The zero-order valence-corrected chi connectivity index (χ0v) is 7.99. The summed E-state index contributed by atoms with van der Waals surface area (Å²) < 4.78 is 12.6. The third-order valence-corrected chi connectivity index (χ3v) is 2.66. The average Bonchev–Trinajstić information content (AvgIpc) is 2.67. The minimum absolute atomic E-state index is 0.294. The summed E-state index contributed by atoms with van der Waals surface area (Å²) in [5.41, 5.74) is 5.65. The van der Waals surface area contributed by atoms with Crippen LogP contribution in [0.1, 0.15) is 12.8 Å². The number of hydrogen-bond donors (Lipinski definition) is 1. The number of halogens is 1. The molecule has 0 bridgehead atoms. The van der Waals surface area contributed by atoms with E-state index in [0.29, 0.717) is 12.6 Å². The van der Waals surface area contributed by atoms with E-state index in [4.69, 9.17) is 5.73 Å². The van der Waals surface area contributed by atoms with Gasteiger partial charge in [0.2, 0.25) is 0 Å². The van der Waals surface area contributed by atoms with E-state index in [9.17, 15) is 4.39 Å². The third kappa shape index (κ3) is 1.70. The SMILES string of the molecule is NCC1CCCN1c1ccc(F)cn1. The lowest BCUT2D eigenvalue weighted by atomic mass is 10.2. The molecule has 3 nitrogen and oxygen atoms in total. The molecule has 1 saturated heterocycles. The quantitative estimate of drug-likeness (QED) is 0.769. The van der Waals surface area contributed by atoms with Crippen molar-refractivity contribution in [2.24, 2.45) is 5.73 Å². The van der Waals surface area contributed by atoms with Gasteiger partial charge >= 0.3 is 0 Å². The summed E-state index contributed by atoms with van der Waals surface area (Å²) >= 11 is 0. The maximum absolute atomic E-state index is 12.6. The Labute approximate surface area is 82.7 Å². The van der Waals surface area contributed by atoms with Crippen LogP contribution in [-0.4, -0.2) is 24.1 Å². The molecule has 0 radical (unpaired) electrons. The van der Waals surface area contributed by atoms with E-state index in [1.807, 2.05) is 0 Å². The summed E-state index contributed by atoms with van der Waals surface area (Å²) in [5.74, 6) is 0.539. The molecule has 2 rings (SSSR count). The van der Waals surface area contributed by atoms with Crippen LogP contribution < -0.4 is 10.6 Å². The lowest BCUT2D eigenvalue weighted by Crippen LogP contribution is -2.35. The Morgan fingerprint density at radius 3 is 3.07 bits per heavy atom. The van der Waals surface area contributed by atoms with Gasteiger partial charge in [0.25, 0.3) is 0 Å². The van der Waals surface area contributed by atoms with Gasteiger partial charge in [-0.05, 0) is 25.0 Å². The zero-order chi connectivity index (χ0) is 9.97. The highest BCUT2D eigenvalue weighted by Gasteiger charge is 2.23. The number of anilines is 1. The highest BCUT2D eigenvalue weighted by Crippen LogP contribution is 2.22. The minimum Gasteiger partial charge on any atom is -0.352 e. The maximum Gasteiger partial charge on any atom is 0.141 e. The first-order valence-electron chi connectivity index (χ1n) is 4.89. The fourth-order valence-corrected chi connectivity index (χ4v) is 1.92. The van der Waals surface area contributed by atoms with E-state index in [0.717, 1.165) is 25.2 Å². The summed E-state index contributed by atoms with van der Waals surface area (Å²) in [4.78, 5) is 6.21. The molecule has 76 valence electrons. The fraction of sp³-hybridized carbons (Fsp3) is 0.500. The van der Waals surface area contributed by atoms with Gasteiger partial charge in [0.05, 0.1) is 6.20 Å². The molecule has 0 aromatic carbocycles. The number of pyridine rings is 1. The van der Waals surface area contributed by atoms with Crippen LogP contribution in [0.4, 0.5) is 10.2 Å². The van der Waals surface area contributed by atoms with Crippen molar-refractivity contribution in [3.8, 4) is 0 Å². The molecule has 1 atom stereocenters. The van der Waals surface area contributed by atoms with E-state index in [-0.39, 0.29) is 5.82 Å². The van der Waals surface area contributed by atoms with Crippen LogP contribution >= 0.6 is 0 Å². The molecule has 1 unspecified atom stereocenters. The summed E-state index contributed by atoms with van der Waals surface area (Å²) in [5, 5.41) is 0. The Hall–Kier alpha value is -1.16. The predicted molar refractivity (Wildman–Crippen MR) is 53.6 cm³/mol. The van der Waals surface area contributed by atoms with Gasteiger partial charge in [0, 0.05) is 19.1 Å². The molecule has 0 spiro atoms. The molecule has 14 heavy (non-hydrogen) atoms. The van der Waals surface area contributed by atoms with Gasteiger partial charge in [-0.1, -0.05) is 0 Å². The summed E-state index contributed by atoms with van der Waals surface area (Å²) in [6.45, 7) is 1.61. The normalized spacial score (nSPS) is 21.6. The lowest BCUT2D eigenvalue weighted by molar-refractivity contribution is 0.618. The Morgan fingerprint density at radius 1 is 1.57 bits per heavy atom. The first kappa shape index (κ1) is 9.40. The molecular weight excluding hydrogens is 181 g/mol.